The van der Waals surface area contributed by atoms with E-state index >= 15 is 0 Å². The number of nitrogens with zero attached hydrogens (tertiary/aromatic N) is 2. The summed E-state index contributed by atoms with van der Waals surface area (Å²) in [6.45, 7) is 4.59. The van der Waals surface area contributed by atoms with Gasteiger partial charge in [0.15, 0.2) is 5.17 Å². The minimum Gasteiger partial charge on any atom is -0.322 e. The summed E-state index contributed by atoms with van der Waals surface area (Å²) in [4.78, 5) is 18.2. The molecule has 0 saturated carbocycles. The van der Waals surface area contributed by atoms with E-state index in [2.05, 4.69) is 4.99 Å². The predicted molar refractivity (Wildman–Crippen MR) is 54.3 cm³/mol. The van der Waals surface area contributed by atoms with Crippen LogP contribution in [-0.2, 0) is 4.79 Å². The minimum atomic E-state index is 0.665. The molecule has 0 unspecified atom stereocenters. The molecule has 0 fully saturated rings. The third-order valence-electron chi connectivity index (χ3n) is 2.05. The Morgan fingerprint density at radius 2 is 2.38 bits per heavy atom. The first-order chi connectivity index (χ1) is 6.20. The zero-order valence-electron chi connectivity index (χ0n) is 7.57. The van der Waals surface area contributed by atoms with Gasteiger partial charge in [0.05, 0.1) is 6.54 Å². The summed E-state index contributed by atoms with van der Waals surface area (Å²) in [5, 5.41) is 0.987. The fourth-order valence-electron chi connectivity index (χ4n) is 1.34. The molecule has 4 heteroatoms. The first-order valence-electron chi connectivity index (χ1n) is 4.07. The minimum absolute atomic E-state index is 0.665. The SMILES string of the molecule is CC1=CN2CC(C=O)=C(C)N=C2S1. The van der Waals surface area contributed by atoms with Crippen molar-refractivity contribution in [1.29, 1.82) is 0 Å². The number of aldehydes is 1. The van der Waals surface area contributed by atoms with Crippen molar-refractivity contribution in [3.63, 3.8) is 0 Å². The number of fused-ring (bicyclic) bond motifs is 1. The van der Waals surface area contributed by atoms with Gasteiger partial charge in [0.2, 0.25) is 0 Å². The molecule has 2 rings (SSSR count). The largest absolute Gasteiger partial charge is 0.322 e. The van der Waals surface area contributed by atoms with Crippen LogP contribution in [0.5, 0.6) is 0 Å². The molecule has 68 valence electrons. The monoisotopic (exact) mass is 194 g/mol. The molecule has 2 aliphatic heterocycles. The van der Waals surface area contributed by atoms with Crippen LogP contribution in [0.2, 0.25) is 0 Å². The standard InChI is InChI=1S/C9H10N2OS/c1-6-3-11-4-8(5-12)7(2)10-9(11)13-6/h3,5H,4H2,1-2H3. The highest BCUT2D eigenvalue weighted by Gasteiger charge is 2.23. The summed E-state index contributed by atoms with van der Waals surface area (Å²) in [5.41, 5.74) is 1.62. The quantitative estimate of drug-likeness (QED) is 0.596. The van der Waals surface area contributed by atoms with Gasteiger partial charge >= 0.3 is 0 Å². The maximum atomic E-state index is 10.7. The van der Waals surface area contributed by atoms with E-state index < -0.39 is 0 Å². The summed E-state index contributed by atoms with van der Waals surface area (Å²) in [7, 11) is 0. The fraction of sp³-hybridized carbons (Fsp3) is 0.333. The van der Waals surface area contributed by atoms with E-state index in [1.807, 2.05) is 24.9 Å². The lowest BCUT2D eigenvalue weighted by molar-refractivity contribution is -0.105. The Morgan fingerprint density at radius 1 is 1.62 bits per heavy atom. The second-order valence-corrected chi connectivity index (χ2v) is 4.31. The first-order valence-corrected chi connectivity index (χ1v) is 4.89. The van der Waals surface area contributed by atoms with E-state index in [0.29, 0.717) is 6.54 Å². The number of hydrogen-bond donors (Lipinski definition) is 0. The number of rotatable bonds is 1. The number of amidine groups is 1. The lowest BCUT2D eigenvalue weighted by Gasteiger charge is -2.21. The molecular formula is C9H10N2OS. The molecule has 0 aromatic carbocycles. The van der Waals surface area contributed by atoms with Crippen LogP contribution in [-0.4, -0.2) is 22.9 Å². The molecule has 0 aliphatic carbocycles. The topological polar surface area (TPSA) is 32.7 Å². The van der Waals surface area contributed by atoms with Crippen molar-refractivity contribution < 1.29 is 4.79 Å². The Balaban J connectivity index is 2.33. The molecule has 0 aromatic heterocycles. The Bertz CT molecular complexity index is 355. The van der Waals surface area contributed by atoms with Gasteiger partial charge in [-0.2, -0.15) is 0 Å². The Labute approximate surface area is 81.2 Å². The lowest BCUT2D eigenvalue weighted by Crippen LogP contribution is -2.26. The average molecular weight is 194 g/mol. The number of hydrogen-bond acceptors (Lipinski definition) is 4. The number of carbonyl (C=O) groups is 1. The van der Waals surface area contributed by atoms with Crippen molar-refractivity contribution in [3.05, 3.63) is 22.4 Å². The van der Waals surface area contributed by atoms with E-state index in [-0.39, 0.29) is 0 Å². The summed E-state index contributed by atoms with van der Waals surface area (Å²) in [6, 6.07) is 0. The van der Waals surface area contributed by atoms with Gasteiger partial charge in [-0.25, -0.2) is 4.99 Å². The molecule has 0 spiro atoms. The van der Waals surface area contributed by atoms with Crippen molar-refractivity contribution >= 4 is 23.2 Å². The summed E-state index contributed by atoms with van der Waals surface area (Å²) in [5.74, 6) is 0. The van der Waals surface area contributed by atoms with Crippen LogP contribution in [0.4, 0.5) is 0 Å². The van der Waals surface area contributed by atoms with Gasteiger partial charge in [-0.3, -0.25) is 4.79 Å². The van der Waals surface area contributed by atoms with Crippen molar-refractivity contribution in [2.24, 2.45) is 4.99 Å². The van der Waals surface area contributed by atoms with Gasteiger partial charge in [-0.1, -0.05) is 11.8 Å². The van der Waals surface area contributed by atoms with Crippen LogP contribution in [0, 0.1) is 0 Å². The van der Waals surface area contributed by atoms with Crippen LogP contribution < -0.4 is 0 Å². The van der Waals surface area contributed by atoms with Gasteiger partial charge in [0, 0.05) is 22.4 Å². The van der Waals surface area contributed by atoms with E-state index in [1.165, 1.54) is 4.91 Å². The maximum absolute atomic E-state index is 10.7. The van der Waals surface area contributed by atoms with E-state index in [0.717, 1.165) is 22.7 Å². The molecular weight excluding hydrogens is 184 g/mol. The van der Waals surface area contributed by atoms with Crippen LogP contribution in [0.1, 0.15) is 13.8 Å². The first kappa shape index (κ1) is 8.56. The average Bonchev–Trinajstić information content (AvgIpc) is 2.42. The molecule has 3 nitrogen and oxygen atoms in total. The second kappa shape index (κ2) is 3.03. The molecule has 0 saturated heterocycles. The molecule has 2 heterocycles. The normalized spacial score (nSPS) is 21.2. The number of aliphatic imine (C=N–C) groups is 1. The van der Waals surface area contributed by atoms with Gasteiger partial charge in [0.1, 0.15) is 6.29 Å². The Kier molecular flexibility index (Phi) is 2.00. The summed E-state index contributed by atoms with van der Waals surface area (Å²) >= 11 is 1.65. The van der Waals surface area contributed by atoms with E-state index in [4.69, 9.17) is 0 Å². The van der Waals surface area contributed by atoms with Crippen LogP contribution in [0.25, 0.3) is 0 Å². The summed E-state index contributed by atoms with van der Waals surface area (Å²) in [6.07, 6.45) is 2.92. The third-order valence-corrected chi connectivity index (χ3v) is 2.98. The molecule has 0 amide bonds. The fourth-order valence-corrected chi connectivity index (χ4v) is 2.22. The van der Waals surface area contributed by atoms with Crippen LogP contribution in [0.15, 0.2) is 27.4 Å². The number of allylic oxidation sites excluding steroid dienone is 2. The van der Waals surface area contributed by atoms with Crippen molar-refractivity contribution in [2.45, 2.75) is 13.8 Å². The smallest absolute Gasteiger partial charge is 0.173 e. The maximum Gasteiger partial charge on any atom is 0.173 e. The van der Waals surface area contributed by atoms with Crippen molar-refractivity contribution in [3.8, 4) is 0 Å². The lowest BCUT2D eigenvalue weighted by atomic mass is 10.2. The van der Waals surface area contributed by atoms with Crippen LogP contribution >= 0.6 is 11.8 Å². The molecule has 0 aromatic rings. The molecule has 0 N–H and O–H groups in total. The molecule has 13 heavy (non-hydrogen) atoms. The molecule has 0 atom stereocenters. The van der Waals surface area contributed by atoms with Crippen molar-refractivity contribution in [2.75, 3.05) is 6.54 Å². The van der Waals surface area contributed by atoms with Crippen molar-refractivity contribution in [1.82, 2.24) is 4.90 Å². The molecule has 0 bridgehead atoms. The number of thioether (sulfide) groups is 1. The third kappa shape index (κ3) is 1.42. The molecule has 2 aliphatic rings. The predicted octanol–water partition coefficient (Wildman–Crippen LogP) is 1.74. The van der Waals surface area contributed by atoms with Gasteiger partial charge < -0.3 is 4.90 Å². The van der Waals surface area contributed by atoms with E-state index in [1.54, 1.807) is 11.8 Å². The van der Waals surface area contributed by atoms with Gasteiger partial charge in [-0.05, 0) is 13.8 Å². The Hall–Kier alpha value is -1.03. The second-order valence-electron chi connectivity index (χ2n) is 3.09. The van der Waals surface area contributed by atoms with Crippen LogP contribution in [0.3, 0.4) is 0 Å². The van der Waals surface area contributed by atoms with Gasteiger partial charge in [0.25, 0.3) is 0 Å². The highest BCUT2D eigenvalue weighted by atomic mass is 32.2. The van der Waals surface area contributed by atoms with Gasteiger partial charge in [-0.15, -0.1) is 0 Å². The highest BCUT2D eigenvalue weighted by Crippen LogP contribution is 2.31. The Morgan fingerprint density at radius 3 is 3.08 bits per heavy atom. The zero-order chi connectivity index (χ0) is 9.42. The van der Waals surface area contributed by atoms with E-state index in [9.17, 15) is 4.79 Å². The number of carbonyl (C=O) groups excluding carboxylic acids is 1. The summed E-state index contributed by atoms with van der Waals surface area (Å²) < 4.78 is 0. The zero-order valence-corrected chi connectivity index (χ0v) is 8.39. The molecule has 0 radical (unpaired) electrons. The highest BCUT2D eigenvalue weighted by molar-refractivity contribution is 8.17.